The summed E-state index contributed by atoms with van der Waals surface area (Å²) in [5, 5.41) is 8.75. The smallest absolute Gasteiger partial charge is 0.138 e. The lowest BCUT2D eigenvalue weighted by Gasteiger charge is -2.27. The average molecular weight is 276 g/mol. The molecular weight excluding hydrogens is 255 g/mol. The van der Waals surface area contributed by atoms with Crippen LogP contribution in [0.1, 0.15) is 44.6 Å². The Morgan fingerprint density at radius 3 is 3.00 bits per heavy atom. The van der Waals surface area contributed by atoms with Crippen LogP contribution in [0.2, 0.25) is 0 Å². The lowest BCUT2D eigenvalue weighted by molar-refractivity contribution is 0.128. The van der Waals surface area contributed by atoms with Gasteiger partial charge in [-0.05, 0) is 37.3 Å². The quantitative estimate of drug-likeness (QED) is 0.856. The van der Waals surface area contributed by atoms with Crippen molar-refractivity contribution in [2.24, 2.45) is 5.92 Å². The zero-order chi connectivity index (χ0) is 14.4. The first-order chi connectivity index (χ1) is 9.69. The van der Waals surface area contributed by atoms with E-state index in [1.54, 1.807) is 6.07 Å². The highest BCUT2D eigenvalue weighted by Gasteiger charge is 2.21. The predicted molar refractivity (Wildman–Crippen MR) is 77.0 cm³/mol. The van der Waals surface area contributed by atoms with Gasteiger partial charge < -0.3 is 9.84 Å². The lowest BCUT2D eigenvalue weighted by Crippen LogP contribution is -2.24. The fraction of sp³-hybridized carbons (Fsp3) is 0.529. The Morgan fingerprint density at radius 2 is 2.25 bits per heavy atom. The van der Waals surface area contributed by atoms with Crippen molar-refractivity contribution in [2.45, 2.75) is 45.1 Å². The molecule has 1 aromatic rings. The van der Waals surface area contributed by atoms with E-state index in [0.29, 0.717) is 23.7 Å². The van der Waals surface area contributed by atoms with E-state index in [-0.39, 0.29) is 18.5 Å². The third-order valence-electron chi connectivity index (χ3n) is 3.59. The highest BCUT2D eigenvalue weighted by molar-refractivity contribution is 5.46. The van der Waals surface area contributed by atoms with Gasteiger partial charge in [0, 0.05) is 12.5 Å². The van der Waals surface area contributed by atoms with Gasteiger partial charge in [-0.25, -0.2) is 4.39 Å². The Labute approximate surface area is 120 Å². The highest BCUT2D eigenvalue weighted by Crippen LogP contribution is 2.29. The minimum Gasteiger partial charge on any atom is -0.489 e. The van der Waals surface area contributed by atoms with Gasteiger partial charge in [0.05, 0.1) is 18.3 Å². The maximum Gasteiger partial charge on any atom is 0.138 e. The first kappa shape index (κ1) is 14.9. The minimum absolute atomic E-state index is 0.0323. The molecular formula is C17H21FO2. The Hall–Kier alpha value is -1.53. The maximum atomic E-state index is 13.4. The third kappa shape index (κ3) is 4.25. The molecule has 3 heteroatoms. The SMILES string of the molecule is CC1CCCC(Oc2cc(F)ccc2C#CCCO)C1. The number of hydrogen-bond donors (Lipinski definition) is 1. The first-order valence-corrected chi connectivity index (χ1v) is 7.25. The van der Waals surface area contributed by atoms with Crippen LogP contribution >= 0.6 is 0 Å². The van der Waals surface area contributed by atoms with Gasteiger partial charge in [0.25, 0.3) is 0 Å². The van der Waals surface area contributed by atoms with Gasteiger partial charge in [-0.2, -0.15) is 0 Å². The summed E-state index contributed by atoms with van der Waals surface area (Å²) in [7, 11) is 0. The van der Waals surface area contributed by atoms with Crippen LogP contribution in [0.4, 0.5) is 4.39 Å². The summed E-state index contributed by atoms with van der Waals surface area (Å²) in [6, 6.07) is 4.43. The van der Waals surface area contributed by atoms with E-state index in [9.17, 15) is 4.39 Å². The van der Waals surface area contributed by atoms with Crippen LogP contribution in [-0.4, -0.2) is 17.8 Å². The molecule has 1 aliphatic carbocycles. The van der Waals surface area contributed by atoms with E-state index >= 15 is 0 Å². The Morgan fingerprint density at radius 1 is 1.40 bits per heavy atom. The van der Waals surface area contributed by atoms with E-state index in [1.165, 1.54) is 18.6 Å². The molecule has 0 saturated heterocycles. The molecule has 0 radical (unpaired) electrons. The third-order valence-corrected chi connectivity index (χ3v) is 3.59. The van der Waals surface area contributed by atoms with Crippen LogP contribution in [0, 0.1) is 23.6 Å². The van der Waals surface area contributed by atoms with E-state index in [2.05, 4.69) is 18.8 Å². The molecule has 108 valence electrons. The highest BCUT2D eigenvalue weighted by atomic mass is 19.1. The van der Waals surface area contributed by atoms with Gasteiger partial charge in [-0.1, -0.05) is 25.2 Å². The van der Waals surface area contributed by atoms with Gasteiger partial charge in [0.1, 0.15) is 11.6 Å². The van der Waals surface area contributed by atoms with Crippen molar-refractivity contribution >= 4 is 0 Å². The average Bonchev–Trinajstić information content (AvgIpc) is 2.41. The van der Waals surface area contributed by atoms with Crippen LogP contribution < -0.4 is 4.74 Å². The molecule has 2 nitrogen and oxygen atoms in total. The van der Waals surface area contributed by atoms with Crippen LogP contribution in [0.15, 0.2) is 18.2 Å². The largest absolute Gasteiger partial charge is 0.489 e. The summed E-state index contributed by atoms with van der Waals surface area (Å²) >= 11 is 0. The van der Waals surface area contributed by atoms with Crippen molar-refractivity contribution < 1.29 is 14.2 Å². The molecule has 1 fully saturated rings. The summed E-state index contributed by atoms with van der Waals surface area (Å²) in [4.78, 5) is 0. The number of halogens is 1. The van der Waals surface area contributed by atoms with Crippen LogP contribution in [0.25, 0.3) is 0 Å². The molecule has 2 rings (SSSR count). The van der Waals surface area contributed by atoms with Crippen molar-refractivity contribution in [1.29, 1.82) is 0 Å². The van der Waals surface area contributed by atoms with E-state index < -0.39 is 0 Å². The topological polar surface area (TPSA) is 29.5 Å². The molecule has 0 heterocycles. The van der Waals surface area contributed by atoms with Gasteiger partial charge in [-0.15, -0.1) is 0 Å². The number of hydrogen-bond acceptors (Lipinski definition) is 2. The molecule has 20 heavy (non-hydrogen) atoms. The van der Waals surface area contributed by atoms with Crippen molar-refractivity contribution in [3.63, 3.8) is 0 Å². The molecule has 2 unspecified atom stereocenters. The minimum atomic E-state index is -0.309. The second-order valence-electron chi connectivity index (χ2n) is 5.43. The summed E-state index contributed by atoms with van der Waals surface area (Å²) in [6.07, 6.45) is 5.00. The molecule has 0 aromatic heterocycles. The molecule has 1 aromatic carbocycles. The summed E-state index contributed by atoms with van der Waals surface area (Å²) in [5.41, 5.74) is 0.693. The zero-order valence-electron chi connectivity index (χ0n) is 11.9. The van der Waals surface area contributed by atoms with Crippen molar-refractivity contribution in [2.75, 3.05) is 6.61 Å². The van der Waals surface area contributed by atoms with Gasteiger partial charge in [-0.3, -0.25) is 0 Å². The normalized spacial score (nSPS) is 21.9. The molecule has 1 aliphatic rings. The van der Waals surface area contributed by atoms with Crippen LogP contribution in [0.5, 0.6) is 5.75 Å². The van der Waals surface area contributed by atoms with Gasteiger partial charge in [0.15, 0.2) is 0 Å². The number of aliphatic hydroxyl groups is 1. The van der Waals surface area contributed by atoms with E-state index in [0.717, 1.165) is 19.3 Å². The fourth-order valence-corrected chi connectivity index (χ4v) is 2.58. The summed E-state index contributed by atoms with van der Waals surface area (Å²) < 4.78 is 19.4. The standard InChI is InChI=1S/C17H21FO2/c1-13-5-4-7-16(11-13)20-17-12-15(18)9-8-14(17)6-2-3-10-19/h8-9,12-13,16,19H,3-5,7,10-11H2,1H3. The Bertz CT molecular complexity index is 501. The molecule has 1 saturated carbocycles. The number of benzene rings is 1. The Kier molecular flexibility index (Phi) is 5.43. The number of aliphatic hydroxyl groups excluding tert-OH is 1. The molecule has 2 atom stereocenters. The number of rotatable bonds is 3. The second-order valence-corrected chi connectivity index (χ2v) is 5.43. The van der Waals surface area contributed by atoms with Crippen molar-refractivity contribution in [1.82, 2.24) is 0 Å². The van der Waals surface area contributed by atoms with Gasteiger partial charge >= 0.3 is 0 Å². The van der Waals surface area contributed by atoms with Crippen molar-refractivity contribution in [3.05, 3.63) is 29.6 Å². The van der Waals surface area contributed by atoms with Crippen LogP contribution in [0.3, 0.4) is 0 Å². The van der Waals surface area contributed by atoms with Crippen molar-refractivity contribution in [3.8, 4) is 17.6 Å². The predicted octanol–water partition coefficient (Wildman–Crippen LogP) is 3.52. The monoisotopic (exact) mass is 276 g/mol. The maximum absolute atomic E-state index is 13.4. The lowest BCUT2D eigenvalue weighted by atomic mass is 9.88. The zero-order valence-corrected chi connectivity index (χ0v) is 11.9. The fourth-order valence-electron chi connectivity index (χ4n) is 2.58. The molecule has 0 bridgehead atoms. The number of ether oxygens (including phenoxy) is 1. The first-order valence-electron chi connectivity index (χ1n) is 7.25. The van der Waals surface area contributed by atoms with Crippen LogP contribution in [-0.2, 0) is 0 Å². The van der Waals surface area contributed by atoms with E-state index in [1.807, 2.05) is 0 Å². The molecule has 0 amide bonds. The van der Waals surface area contributed by atoms with E-state index in [4.69, 9.17) is 9.84 Å². The Balaban J connectivity index is 2.12. The molecule has 1 N–H and O–H groups in total. The van der Waals surface area contributed by atoms with Gasteiger partial charge in [0.2, 0.25) is 0 Å². The molecule has 0 spiro atoms. The summed E-state index contributed by atoms with van der Waals surface area (Å²) in [5.74, 6) is 6.67. The second kappa shape index (κ2) is 7.31. The molecule has 0 aliphatic heterocycles. The summed E-state index contributed by atoms with van der Waals surface area (Å²) in [6.45, 7) is 2.26.